The van der Waals surface area contributed by atoms with Crippen LogP contribution >= 0.6 is 0 Å². The van der Waals surface area contributed by atoms with Crippen LogP contribution in [-0.4, -0.2) is 45.9 Å². The highest BCUT2D eigenvalue weighted by molar-refractivity contribution is 5.49. The van der Waals surface area contributed by atoms with Gasteiger partial charge < -0.3 is 15.5 Å². The molecule has 1 aromatic carbocycles. The molecule has 3 heterocycles. The lowest BCUT2D eigenvalue weighted by molar-refractivity contribution is 0.570. The number of hydrogen-bond acceptors (Lipinski definition) is 6. The van der Waals surface area contributed by atoms with E-state index in [1.807, 2.05) is 36.0 Å². The Hall–Kier alpha value is -2.93. The van der Waals surface area contributed by atoms with Crippen molar-refractivity contribution >= 4 is 11.6 Å². The lowest BCUT2D eigenvalue weighted by Crippen LogP contribution is -2.38. The third-order valence-corrected chi connectivity index (χ3v) is 5.30. The van der Waals surface area contributed by atoms with Gasteiger partial charge in [0, 0.05) is 50.6 Å². The summed E-state index contributed by atoms with van der Waals surface area (Å²) in [6, 6.07) is 12.7. The number of nitrogens with zero attached hydrogens (tertiary/aromatic N) is 5. The quantitative estimate of drug-likeness (QED) is 0.660. The number of rotatable bonds is 7. The number of benzene rings is 1. The Morgan fingerprint density at radius 2 is 2.04 bits per heavy atom. The fourth-order valence-corrected chi connectivity index (χ4v) is 3.75. The largest absolute Gasteiger partial charge is 0.373 e. The second kappa shape index (κ2) is 8.39. The molecule has 2 N–H and O–H groups in total. The van der Waals surface area contributed by atoms with Crippen LogP contribution in [0.2, 0.25) is 0 Å². The van der Waals surface area contributed by atoms with Gasteiger partial charge in [-0.05, 0) is 31.9 Å². The van der Waals surface area contributed by atoms with Gasteiger partial charge in [-0.2, -0.15) is 5.10 Å². The monoisotopic (exact) mass is 377 g/mol. The van der Waals surface area contributed by atoms with E-state index in [0.717, 1.165) is 42.7 Å². The fraction of sp³-hybridized carbons (Fsp3) is 0.381. The van der Waals surface area contributed by atoms with Crippen LogP contribution < -0.4 is 15.5 Å². The highest BCUT2D eigenvalue weighted by Gasteiger charge is 2.25. The Balaban J connectivity index is 1.37. The molecule has 1 saturated heterocycles. The second-order valence-corrected chi connectivity index (χ2v) is 7.15. The number of para-hydroxylation sites is 1. The van der Waals surface area contributed by atoms with Gasteiger partial charge >= 0.3 is 0 Å². The molecule has 1 atom stereocenters. The summed E-state index contributed by atoms with van der Waals surface area (Å²) in [4.78, 5) is 11.1. The minimum Gasteiger partial charge on any atom is -0.373 e. The highest BCUT2D eigenvalue weighted by Crippen LogP contribution is 2.24. The van der Waals surface area contributed by atoms with Crippen molar-refractivity contribution in [3.8, 4) is 5.69 Å². The third kappa shape index (κ3) is 3.99. The molecule has 0 radical (unpaired) electrons. The molecule has 1 unspecified atom stereocenters. The van der Waals surface area contributed by atoms with Crippen LogP contribution in [0.4, 0.5) is 11.6 Å². The van der Waals surface area contributed by atoms with Gasteiger partial charge in [-0.3, -0.25) is 0 Å². The summed E-state index contributed by atoms with van der Waals surface area (Å²) in [6.45, 7) is 4.85. The van der Waals surface area contributed by atoms with E-state index in [9.17, 15) is 0 Å². The lowest BCUT2D eigenvalue weighted by atomic mass is 10.2. The second-order valence-electron chi connectivity index (χ2n) is 7.15. The Labute approximate surface area is 165 Å². The number of hydrogen-bond donors (Lipinski definition) is 2. The number of anilines is 2. The molecule has 0 amide bonds. The lowest BCUT2D eigenvalue weighted by Gasteiger charge is -2.26. The van der Waals surface area contributed by atoms with E-state index >= 15 is 0 Å². The van der Waals surface area contributed by atoms with Gasteiger partial charge in [0.15, 0.2) is 0 Å². The predicted molar refractivity (Wildman–Crippen MR) is 112 cm³/mol. The van der Waals surface area contributed by atoms with Crippen molar-refractivity contribution in [3.63, 3.8) is 0 Å². The molecule has 0 aliphatic carbocycles. The summed E-state index contributed by atoms with van der Waals surface area (Å²) < 4.78 is 1.95. The zero-order chi connectivity index (χ0) is 19.3. The van der Waals surface area contributed by atoms with Gasteiger partial charge in [0.1, 0.15) is 18.0 Å². The van der Waals surface area contributed by atoms with Crippen LogP contribution in [0.5, 0.6) is 0 Å². The first-order valence-electron chi connectivity index (χ1n) is 9.82. The SMILES string of the molecule is CNc1cc(N2CCCC2CNCc2cn(-c3ccccc3)nc2C)ncn1. The molecule has 1 aliphatic heterocycles. The summed E-state index contributed by atoms with van der Waals surface area (Å²) in [5.41, 5.74) is 3.38. The Morgan fingerprint density at radius 1 is 1.18 bits per heavy atom. The zero-order valence-corrected chi connectivity index (χ0v) is 16.5. The van der Waals surface area contributed by atoms with Gasteiger partial charge in [0.05, 0.1) is 11.4 Å². The molecule has 2 aromatic heterocycles. The van der Waals surface area contributed by atoms with E-state index in [1.165, 1.54) is 18.4 Å². The van der Waals surface area contributed by atoms with Crippen molar-refractivity contribution in [3.05, 3.63) is 60.2 Å². The first kappa shape index (κ1) is 18.4. The van der Waals surface area contributed by atoms with E-state index in [4.69, 9.17) is 0 Å². The average molecular weight is 377 g/mol. The standard InChI is InChI=1S/C21H27N7/c1-16-17(14-28(26-16)18-7-4-3-5-8-18)12-23-13-19-9-6-10-27(19)21-11-20(22-2)24-15-25-21/h3-5,7-8,11,14-15,19,23H,6,9-10,12-13H2,1-2H3,(H,22,24,25). The van der Waals surface area contributed by atoms with E-state index < -0.39 is 0 Å². The van der Waals surface area contributed by atoms with Crippen molar-refractivity contribution in [1.29, 1.82) is 0 Å². The average Bonchev–Trinajstić information content (AvgIpc) is 3.36. The van der Waals surface area contributed by atoms with Gasteiger partial charge in [-0.25, -0.2) is 14.6 Å². The first-order valence-corrected chi connectivity index (χ1v) is 9.82. The number of nitrogens with one attached hydrogen (secondary N) is 2. The highest BCUT2D eigenvalue weighted by atomic mass is 15.3. The zero-order valence-electron chi connectivity index (χ0n) is 16.5. The van der Waals surface area contributed by atoms with Crippen molar-refractivity contribution in [2.75, 3.05) is 30.4 Å². The maximum absolute atomic E-state index is 4.66. The minimum absolute atomic E-state index is 0.448. The maximum atomic E-state index is 4.66. The van der Waals surface area contributed by atoms with Crippen molar-refractivity contribution < 1.29 is 0 Å². The first-order chi connectivity index (χ1) is 13.7. The molecule has 28 heavy (non-hydrogen) atoms. The summed E-state index contributed by atoms with van der Waals surface area (Å²) in [5.74, 6) is 1.85. The van der Waals surface area contributed by atoms with E-state index in [2.05, 4.69) is 55.9 Å². The molecule has 7 nitrogen and oxygen atoms in total. The summed E-state index contributed by atoms with van der Waals surface area (Å²) >= 11 is 0. The Bertz CT molecular complexity index is 906. The summed E-state index contributed by atoms with van der Waals surface area (Å²) in [6.07, 6.45) is 6.11. The number of aromatic nitrogens is 4. The molecule has 0 bridgehead atoms. The molecule has 0 saturated carbocycles. The van der Waals surface area contributed by atoms with Crippen LogP contribution in [0.25, 0.3) is 5.69 Å². The van der Waals surface area contributed by atoms with Crippen molar-refractivity contribution in [1.82, 2.24) is 25.1 Å². The Morgan fingerprint density at radius 3 is 2.86 bits per heavy atom. The van der Waals surface area contributed by atoms with Crippen LogP contribution in [-0.2, 0) is 6.54 Å². The smallest absolute Gasteiger partial charge is 0.134 e. The molecular weight excluding hydrogens is 350 g/mol. The van der Waals surface area contributed by atoms with Gasteiger partial charge in [0.2, 0.25) is 0 Å². The molecule has 146 valence electrons. The van der Waals surface area contributed by atoms with E-state index in [1.54, 1.807) is 6.33 Å². The Kier molecular flexibility index (Phi) is 5.53. The third-order valence-electron chi connectivity index (χ3n) is 5.30. The van der Waals surface area contributed by atoms with Crippen LogP contribution in [0.1, 0.15) is 24.1 Å². The maximum Gasteiger partial charge on any atom is 0.134 e. The van der Waals surface area contributed by atoms with Crippen LogP contribution in [0, 0.1) is 6.92 Å². The molecule has 3 aromatic rings. The van der Waals surface area contributed by atoms with Gasteiger partial charge in [0.25, 0.3) is 0 Å². The molecular formula is C21H27N7. The fourth-order valence-electron chi connectivity index (χ4n) is 3.75. The van der Waals surface area contributed by atoms with Gasteiger partial charge in [-0.1, -0.05) is 18.2 Å². The molecule has 1 aliphatic rings. The van der Waals surface area contributed by atoms with Crippen molar-refractivity contribution in [2.24, 2.45) is 0 Å². The van der Waals surface area contributed by atoms with Crippen LogP contribution in [0.15, 0.2) is 48.9 Å². The minimum atomic E-state index is 0.448. The molecule has 0 spiro atoms. The van der Waals surface area contributed by atoms with E-state index in [-0.39, 0.29) is 0 Å². The predicted octanol–water partition coefficient (Wildman–Crippen LogP) is 2.77. The normalized spacial score (nSPS) is 16.5. The van der Waals surface area contributed by atoms with E-state index in [0.29, 0.717) is 6.04 Å². The van der Waals surface area contributed by atoms with Crippen molar-refractivity contribution in [2.45, 2.75) is 32.4 Å². The van der Waals surface area contributed by atoms with Crippen LogP contribution in [0.3, 0.4) is 0 Å². The molecule has 4 rings (SSSR count). The topological polar surface area (TPSA) is 70.9 Å². The number of aryl methyl sites for hydroxylation is 1. The van der Waals surface area contributed by atoms with Gasteiger partial charge in [-0.15, -0.1) is 0 Å². The molecule has 7 heteroatoms. The summed E-state index contributed by atoms with van der Waals surface area (Å²) in [5, 5.41) is 11.4. The summed E-state index contributed by atoms with van der Waals surface area (Å²) in [7, 11) is 1.88. The molecule has 1 fully saturated rings.